The zero-order chi connectivity index (χ0) is 22.2. The van der Waals surface area contributed by atoms with Crippen LogP contribution in [0.25, 0.3) is 5.69 Å². The molecule has 0 saturated carbocycles. The van der Waals surface area contributed by atoms with Crippen LogP contribution in [0.4, 0.5) is 0 Å². The monoisotopic (exact) mass is 421 g/mol. The largest absolute Gasteiger partial charge is 0.494 e. The van der Waals surface area contributed by atoms with Gasteiger partial charge in [0.2, 0.25) is 5.91 Å². The highest BCUT2D eigenvalue weighted by molar-refractivity contribution is 5.76. The SMILES string of the molecule is CCOc1ccc(-n2ccn(CC(=O)NC(C)CCc3ccccc3)c(=O)c2=O)cc1. The molecule has 1 heterocycles. The van der Waals surface area contributed by atoms with Crippen molar-refractivity contribution < 1.29 is 9.53 Å². The van der Waals surface area contributed by atoms with E-state index in [0.29, 0.717) is 18.0 Å². The topological polar surface area (TPSA) is 82.3 Å². The average Bonchev–Trinajstić information content (AvgIpc) is 2.77. The fraction of sp³-hybridized carbons (Fsp3) is 0.292. The third kappa shape index (κ3) is 5.94. The Labute approximate surface area is 180 Å². The fourth-order valence-corrected chi connectivity index (χ4v) is 3.28. The van der Waals surface area contributed by atoms with E-state index in [1.54, 1.807) is 24.3 Å². The molecule has 0 spiro atoms. The predicted octanol–water partition coefficient (Wildman–Crippen LogP) is 2.54. The van der Waals surface area contributed by atoms with Crippen molar-refractivity contribution in [3.05, 3.63) is 93.3 Å². The van der Waals surface area contributed by atoms with Crippen LogP contribution in [-0.4, -0.2) is 27.7 Å². The van der Waals surface area contributed by atoms with E-state index in [9.17, 15) is 14.4 Å². The Kier molecular flexibility index (Phi) is 7.43. The lowest BCUT2D eigenvalue weighted by Crippen LogP contribution is -2.43. The number of amides is 1. The van der Waals surface area contributed by atoms with Gasteiger partial charge in [-0.2, -0.15) is 0 Å². The summed E-state index contributed by atoms with van der Waals surface area (Å²) >= 11 is 0. The lowest BCUT2D eigenvalue weighted by Gasteiger charge is -2.15. The van der Waals surface area contributed by atoms with E-state index in [2.05, 4.69) is 5.32 Å². The number of carbonyl (C=O) groups excluding carboxylic acids is 1. The van der Waals surface area contributed by atoms with E-state index in [1.165, 1.54) is 22.5 Å². The normalized spacial score (nSPS) is 11.7. The highest BCUT2D eigenvalue weighted by Crippen LogP contribution is 2.13. The summed E-state index contributed by atoms with van der Waals surface area (Å²) in [5.41, 5.74) is 0.300. The van der Waals surface area contributed by atoms with Crippen molar-refractivity contribution in [3.8, 4) is 11.4 Å². The first-order valence-corrected chi connectivity index (χ1v) is 10.4. The molecule has 0 fully saturated rings. The van der Waals surface area contributed by atoms with Crippen molar-refractivity contribution in [1.82, 2.24) is 14.5 Å². The van der Waals surface area contributed by atoms with Gasteiger partial charge in [0, 0.05) is 24.1 Å². The maximum absolute atomic E-state index is 12.5. The maximum atomic E-state index is 12.5. The lowest BCUT2D eigenvalue weighted by atomic mass is 10.1. The minimum atomic E-state index is -0.747. The van der Waals surface area contributed by atoms with Gasteiger partial charge in [0.25, 0.3) is 0 Å². The van der Waals surface area contributed by atoms with Gasteiger partial charge in [-0.25, -0.2) is 0 Å². The van der Waals surface area contributed by atoms with Crippen molar-refractivity contribution in [2.24, 2.45) is 0 Å². The van der Waals surface area contributed by atoms with Crippen LogP contribution in [0.15, 0.2) is 76.6 Å². The smallest absolute Gasteiger partial charge is 0.320 e. The summed E-state index contributed by atoms with van der Waals surface area (Å²) in [5.74, 6) is 0.381. The number of hydrogen-bond acceptors (Lipinski definition) is 4. The van der Waals surface area contributed by atoms with Crippen molar-refractivity contribution in [3.63, 3.8) is 0 Å². The van der Waals surface area contributed by atoms with Gasteiger partial charge in [0.1, 0.15) is 12.3 Å². The molecule has 0 aliphatic carbocycles. The van der Waals surface area contributed by atoms with Gasteiger partial charge in [-0.15, -0.1) is 0 Å². The van der Waals surface area contributed by atoms with Crippen LogP contribution in [-0.2, 0) is 17.8 Å². The van der Waals surface area contributed by atoms with Crippen LogP contribution in [0.1, 0.15) is 25.8 Å². The molecule has 7 heteroatoms. The molecule has 1 unspecified atom stereocenters. The van der Waals surface area contributed by atoms with E-state index < -0.39 is 11.1 Å². The molecule has 2 aromatic carbocycles. The molecule has 0 aliphatic rings. The first kappa shape index (κ1) is 22.1. The van der Waals surface area contributed by atoms with Crippen LogP contribution in [0, 0.1) is 0 Å². The lowest BCUT2D eigenvalue weighted by molar-refractivity contribution is -0.122. The highest BCUT2D eigenvalue weighted by atomic mass is 16.5. The molecule has 31 heavy (non-hydrogen) atoms. The second-order valence-electron chi connectivity index (χ2n) is 7.33. The molecule has 3 rings (SSSR count). The molecule has 1 atom stereocenters. The van der Waals surface area contributed by atoms with Gasteiger partial charge >= 0.3 is 11.1 Å². The molecule has 1 aromatic heterocycles. The summed E-state index contributed by atoms with van der Waals surface area (Å²) in [6.07, 6.45) is 4.57. The molecular formula is C24H27N3O4. The van der Waals surface area contributed by atoms with Crippen LogP contribution in [0.5, 0.6) is 5.75 Å². The Morgan fingerprint density at radius 3 is 2.39 bits per heavy atom. The first-order chi connectivity index (χ1) is 15.0. The first-order valence-electron chi connectivity index (χ1n) is 10.4. The number of aromatic nitrogens is 2. The number of benzene rings is 2. The Morgan fingerprint density at radius 2 is 1.71 bits per heavy atom. The van der Waals surface area contributed by atoms with Crippen molar-refractivity contribution in [2.45, 2.75) is 39.3 Å². The van der Waals surface area contributed by atoms with E-state index in [0.717, 1.165) is 17.4 Å². The number of rotatable bonds is 9. The minimum Gasteiger partial charge on any atom is -0.494 e. The Balaban J connectivity index is 1.62. The number of aryl methyl sites for hydroxylation is 1. The summed E-state index contributed by atoms with van der Waals surface area (Å²) in [6.45, 7) is 4.15. The summed E-state index contributed by atoms with van der Waals surface area (Å²) in [6, 6.07) is 16.9. The van der Waals surface area contributed by atoms with Gasteiger partial charge < -0.3 is 10.1 Å². The summed E-state index contributed by atoms with van der Waals surface area (Å²) < 4.78 is 7.78. The molecule has 0 saturated heterocycles. The fourth-order valence-electron chi connectivity index (χ4n) is 3.28. The van der Waals surface area contributed by atoms with Crippen molar-refractivity contribution in [1.29, 1.82) is 0 Å². The second-order valence-corrected chi connectivity index (χ2v) is 7.33. The van der Waals surface area contributed by atoms with Crippen LogP contribution >= 0.6 is 0 Å². The van der Waals surface area contributed by atoms with Gasteiger partial charge in [-0.1, -0.05) is 30.3 Å². The van der Waals surface area contributed by atoms with Crippen LogP contribution in [0.3, 0.4) is 0 Å². The number of carbonyl (C=O) groups is 1. The molecule has 162 valence electrons. The molecule has 7 nitrogen and oxygen atoms in total. The molecular weight excluding hydrogens is 394 g/mol. The molecule has 0 aliphatic heterocycles. The molecule has 1 N–H and O–H groups in total. The molecule has 0 bridgehead atoms. The second kappa shape index (κ2) is 10.4. The summed E-state index contributed by atoms with van der Waals surface area (Å²) in [7, 11) is 0. The number of nitrogens with one attached hydrogen (secondary N) is 1. The number of hydrogen-bond donors (Lipinski definition) is 1. The maximum Gasteiger partial charge on any atom is 0.320 e. The van der Waals surface area contributed by atoms with Gasteiger partial charge in [0.05, 0.1) is 6.61 Å². The Morgan fingerprint density at radius 1 is 1.00 bits per heavy atom. The predicted molar refractivity (Wildman–Crippen MR) is 120 cm³/mol. The Bertz CT molecular complexity index is 1120. The third-order valence-electron chi connectivity index (χ3n) is 4.91. The van der Waals surface area contributed by atoms with E-state index >= 15 is 0 Å². The van der Waals surface area contributed by atoms with Crippen LogP contribution < -0.4 is 21.2 Å². The zero-order valence-corrected chi connectivity index (χ0v) is 17.8. The van der Waals surface area contributed by atoms with Crippen molar-refractivity contribution >= 4 is 5.91 Å². The standard InChI is InChI=1S/C24H27N3O4/c1-3-31-21-13-11-20(12-14-21)27-16-15-26(23(29)24(27)30)17-22(28)25-18(2)9-10-19-7-5-4-6-8-19/h4-8,11-16,18H,3,9-10,17H2,1-2H3,(H,25,28). The highest BCUT2D eigenvalue weighted by Gasteiger charge is 2.12. The molecule has 0 radical (unpaired) electrons. The minimum absolute atomic E-state index is 0.0485. The average molecular weight is 421 g/mol. The van der Waals surface area contributed by atoms with E-state index in [-0.39, 0.29) is 18.5 Å². The Hall–Kier alpha value is -3.61. The van der Waals surface area contributed by atoms with E-state index in [1.807, 2.05) is 44.2 Å². The van der Waals surface area contributed by atoms with Gasteiger partial charge in [-0.05, 0) is 56.5 Å². The quantitative estimate of drug-likeness (QED) is 0.539. The molecule has 3 aromatic rings. The van der Waals surface area contributed by atoms with Gasteiger partial charge in [0.15, 0.2) is 0 Å². The molecule has 1 amide bonds. The number of ether oxygens (including phenoxy) is 1. The number of nitrogens with zero attached hydrogens (tertiary/aromatic N) is 2. The summed E-state index contributed by atoms with van der Waals surface area (Å²) in [5, 5.41) is 2.89. The summed E-state index contributed by atoms with van der Waals surface area (Å²) in [4.78, 5) is 37.4. The van der Waals surface area contributed by atoms with E-state index in [4.69, 9.17) is 4.74 Å². The van der Waals surface area contributed by atoms with Crippen molar-refractivity contribution in [2.75, 3.05) is 6.61 Å². The third-order valence-corrected chi connectivity index (χ3v) is 4.91. The zero-order valence-electron chi connectivity index (χ0n) is 17.8. The van der Waals surface area contributed by atoms with Crippen LogP contribution in [0.2, 0.25) is 0 Å². The van der Waals surface area contributed by atoms with Gasteiger partial charge in [-0.3, -0.25) is 23.5 Å².